The minimum Gasteiger partial charge on any atom is -0.357 e. The van der Waals surface area contributed by atoms with Gasteiger partial charge in [0, 0.05) is 30.1 Å². The largest absolute Gasteiger partial charge is 0.357 e. The fraction of sp³-hybridized carbons (Fsp3) is 0.375. The first-order valence-electron chi connectivity index (χ1n) is 7.35. The van der Waals surface area contributed by atoms with Crippen molar-refractivity contribution in [2.45, 2.75) is 33.9 Å². The fourth-order valence-electron chi connectivity index (χ4n) is 2.62. The molecule has 0 saturated heterocycles. The average Bonchev–Trinajstić information content (AvgIpc) is 3.03. The lowest BCUT2D eigenvalue weighted by Gasteiger charge is -2.18. The normalized spacial score (nSPS) is 11.7. The van der Waals surface area contributed by atoms with Crippen molar-refractivity contribution in [2.75, 3.05) is 6.54 Å². The zero-order valence-corrected chi connectivity index (χ0v) is 13.0. The maximum atomic E-state index is 13.4. The summed E-state index contributed by atoms with van der Waals surface area (Å²) in [6.07, 6.45) is 0. The standard InChI is InChI=1S/C16H19FN4O/c1-4-21(9-16-18-11(3)22-20-16)8-15-10(2)13-7-12(17)5-6-14(13)19-15/h5-7,19H,4,8-9H2,1-3H3. The highest BCUT2D eigenvalue weighted by Crippen LogP contribution is 2.23. The van der Waals surface area contributed by atoms with Gasteiger partial charge in [-0.3, -0.25) is 4.90 Å². The van der Waals surface area contributed by atoms with E-state index in [1.165, 1.54) is 6.07 Å². The molecule has 0 fully saturated rings. The van der Waals surface area contributed by atoms with E-state index in [-0.39, 0.29) is 5.82 Å². The van der Waals surface area contributed by atoms with Gasteiger partial charge in [0.05, 0.1) is 6.54 Å². The lowest BCUT2D eigenvalue weighted by molar-refractivity contribution is 0.256. The van der Waals surface area contributed by atoms with Gasteiger partial charge in [-0.05, 0) is 37.2 Å². The molecule has 116 valence electrons. The molecule has 0 atom stereocenters. The van der Waals surface area contributed by atoms with Gasteiger partial charge in [-0.2, -0.15) is 4.98 Å². The Morgan fingerprint density at radius 3 is 2.77 bits per heavy atom. The Hall–Kier alpha value is -2.21. The van der Waals surface area contributed by atoms with Crippen LogP contribution < -0.4 is 0 Å². The molecule has 0 bridgehead atoms. The zero-order valence-electron chi connectivity index (χ0n) is 13.0. The second-order valence-corrected chi connectivity index (χ2v) is 5.45. The van der Waals surface area contributed by atoms with Crippen LogP contribution in [0, 0.1) is 19.7 Å². The van der Waals surface area contributed by atoms with Gasteiger partial charge in [-0.15, -0.1) is 0 Å². The third kappa shape index (κ3) is 2.87. The highest BCUT2D eigenvalue weighted by molar-refractivity contribution is 5.84. The van der Waals surface area contributed by atoms with Crippen LogP contribution in [-0.2, 0) is 13.1 Å². The molecule has 0 amide bonds. The molecule has 0 aliphatic heterocycles. The van der Waals surface area contributed by atoms with Gasteiger partial charge in [-0.25, -0.2) is 4.39 Å². The number of hydrogen-bond donors (Lipinski definition) is 1. The molecule has 3 aromatic rings. The van der Waals surface area contributed by atoms with E-state index in [0.717, 1.165) is 35.2 Å². The number of benzene rings is 1. The second-order valence-electron chi connectivity index (χ2n) is 5.45. The summed E-state index contributed by atoms with van der Waals surface area (Å²) in [7, 11) is 0. The van der Waals surface area contributed by atoms with Gasteiger partial charge in [0.15, 0.2) is 5.82 Å². The SMILES string of the molecule is CCN(Cc1noc(C)n1)Cc1[nH]c2ccc(F)cc2c1C. The fourth-order valence-corrected chi connectivity index (χ4v) is 2.62. The molecule has 2 aromatic heterocycles. The first kappa shape index (κ1) is 14.7. The van der Waals surface area contributed by atoms with E-state index in [2.05, 4.69) is 26.9 Å². The molecule has 22 heavy (non-hydrogen) atoms. The summed E-state index contributed by atoms with van der Waals surface area (Å²) in [5.74, 6) is 1.04. The van der Waals surface area contributed by atoms with E-state index in [9.17, 15) is 4.39 Å². The van der Waals surface area contributed by atoms with Crippen LogP contribution in [0.2, 0.25) is 0 Å². The third-order valence-electron chi connectivity index (χ3n) is 3.89. The predicted octanol–water partition coefficient (Wildman–Crippen LogP) is 3.33. The molecule has 0 saturated carbocycles. The van der Waals surface area contributed by atoms with Crippen LogP contribution in [0.5, 0.6) is 0 Å². The van der Waals surface area contributed by atoms with Crippen LogP contribution in [0.1, 0.15) is 29.9 Å². The number of rotatable bonds is 5. The van der Waals surface area contributed by atoms with E-state index in [0.29, 0.717) is 18.3 Å². The smallest absolute Gasteiger partial charge is 0.223 e. The van der Waals surface area contributed by atoms with Crippen molar-refractivity contribution in [1.82, 2.24) is 20.0 Å². The number of H-pyrrole nitrogens is 1. The minimum atomic E-state index is -0.212. The van der Waals surface area contributed by atoms with Crippen LogP contribution >= 0.6 is 0 Å². The highest BCUT2D eigenvalue weighted by atomic mass is 19.1. The summed E-state index contributed by atoms with van der Waals surface area (Å²) in [6.45, 7) is 8.09. The molecule has 0 aliphatic rings. The Labute approximate surface area is 128 Å². The maximum Gasteiger partial charge on any atom is 0.223 e. The van der Waals surface area contributed by atoms with Gasteiger partial charge in [0.1, 0.15) is 5.82 Å². The molecule has 6 heteroatoms. The summed E-state index contributed by atoms with van der Waals surface area (Å²) in [5.41, 5.74) is 3.13. The first-order valence-corrected chi connectivity index (χ1v) is 7.35. The van der Waals surface area contributed by atoms with Gasteiger partial charge < -0.3 is 9.51 Å². The second kappa shape index (κ2) is 5.88. The summed E-state index contributed by atoms with van der Waals surface area (Å²) in [4.78, 5) is 9.82. The Bertz CT molecular complexity index is 793. The van der Waals surface area contributed by atoms with Crippen molar-refractivity contribution >= 4 is 10.9 Å². The summed E-state index contributed by atoms with van der Waals surface area (Å²) in [6, 6.07) is 4.82. The zero-order chi connectivity index (χ0) is 15.7. The molecule has 0 spiro atoms. The number of halogens is 1. The van der Waals surface area contributed by atoms with Gasteiger partial charge in [0.2, 0.25) is 5.89 Å². The monoisotopic (exact) mass is 302 g/mol. The van der Waals surface area contributed by atoms with Crippen molar-refractivity contribution in [3.05, 3.63) is 47.0 Å². The van der Waals surface area contributed by atoms with Gasteiger partial charge >= 0.3 is 0 Å². The number of hydrogen-bond acceptors (Lipinski definition) is 4. The quantitative estimate of drug-likeness (QED) is 0.785. The van der Waals surface area contributed by atoms with E-state index in [1.807, 2.05) is 6.92 Å². The Morgan fingerprint density at radius 2 is 2.09 bits per heavy atom. The minimum absolute atomic E-state index is 0.212. The molecule has 1 N–H and O–H groups in total. The number of nitrogens with one attached hydrogen (secondary N) is 1. The van der Waals surface area contributed by atoms with Gasteiger partial charge in [-0.1, -0.05) is 12.1 Å². The van der Waals surface area contributed by atoms with Crippen molar-refractivity contribution in [3.63, 3.8) is 0 Å². The number of aromatic amines is 1. The molecule has 1 aromatic carbocycles. The van der Waals surface area contributed by atoms with Crippen molar-refractivity contribution < 1.29 is 8.91 Å². The van der Waals surface area contributed by atoms with E-state index >= 15 is 0 Å². The Morgan fingerprint density at radius 1 is 1.27 bits per heavy atom. The highest BCUT2D eigenvalue weighted by Gasteiger charge is 2.14. The van der Waals surface area contributed by atoms with Crippen molar-refractivity contribution in [2.24, 2.45) is 0 Å². The Kier molecular flexibility index (Phi) is 3.94. The van der Waals surface area contributed by atoms with Crippen LogP contribution in [0.15, 0.2) is 22.7 Å². The lowest BCUT2D eigenvalue weighted by Crippen LogP contribution is -2.23. The predicted molar refractivity (Wildman–Crippen MR) is 81.8 cm³/mol. The average molecular weight is 302 g/mol. The molecule has 0 aliphatic carbocycles. The molecule has 0 radical (unpaired) electrons. The van der Waals surface area contributed by atoms with Gasteiger partial charge in [0.25, 0.3) is 0 Å². The topological polar surface area (TPSA) is 58.0 Å². The number of aromatic nitrogens is 3. The molecule has 0 unspecified atom stereocenters. The number of nitrogens with zero attached hydrogens (tertiary/aromatic N) is 3. The molecule has 2 heterocycles. The van der Waals surface area contributed by atoms with Crippen molar-refractivity contribution in [3.8, 4) is 0 Å². The van der Waals surface area contributed by atoms with E-state index in [4.69, 9.17) is 4.52 Å². The van der Waals surface area contributed by atoms with E-state index < -0.39 is 0 Å². The summed E-state index contributed by atoms with van der Waals surface area (Å²) < 4.78 is 18.4. The summed E-state index contributed by atoms with van der Waals surface area (Å²) >= 11 is 0. The van der Waals surface area contributed by atoms with Crippen LogP contribution in [0.3, 0.4) is 0 Å². The number of aryl methyl sites for hydroxylation is 2. The molecular weight excluding hydrogens is 283 g/mol. The maximum absolute atomic E-state index is 13.4. The first-order chi connectivity index (χ1) is 10.6. The third-order valence-corrected chi connectivity index (χ3v) is 3.89. The lowest BCUT2D eigenvalue weighted by atomic mass is 10.1. The molecule has 3 rings (SSSR count). The molecule has 5 nitrogen and oxygen atoms in total. The van der Waals surface area contributed by atoms with Crippen LogP contribution in [0.25, 0.3) is 10.9 Å². The van der Waals surface area contributed by atoms with E-state index in [1.54, 1.807) is 19.1 Å². The van der Waals surface area contributed by atoms with Crippen LogP contribution in [0.4, 0.5) is 4.39 Å². The van der Waals surface area contributed by atoms with Crippen molar-refractivity contribution in [1.29, 1.82) is 0 Å². The van der Waals surface area contributed by atoms with Crippen LogP contribution in [-0.4, -0.2) is 26.6 Å². The number of fused-ring (bicyclic) bond motifs is 1. The summed E-state index contributed by atoms with van der Waals surface area (Å²) in [5, 5.41) is 4.87. The Balaban J connectivity index is 1.82. The molecular formula is C16H19FN4O.